The molecule has 8 nitrogen and oxygen atoms in total. The van der Waals surface area contributed by atoms with E-state index >= 15 is 0 Å². The van der Waals surface area contributed by atoms with E-state index in [0.29, 0.717) is 19.5 Å². The minimum absolute atomic E-state index is 0.0396. The van der Waals surface area contributed by atoms with Crippen molar-refractivity contribution in [1.82, 2.24) is 10.2 Å². The number of hydrogen-bond acceptors (Lipinski definition) is 6. The van der Waals surface area contributed by atoms with Crippen molar-refractivity contribution in [3.63, 3.8) is 0 Å². The second-order valence-electron chi connectivity index (χ2n) is 7.83. The van der Waals surface area contributed by atoms with Crippen molar-refractivity contribution < 1.29 is 23.9 Å². The van der Waals surface area contributed by atoms with Crippen molar-refractivity contribution in [3.05, 3.63) is 78.4 Å². The van der Waals surface area contributed by atoms with E-state index in [0.717, 1.165) is 16.9 Å². The number of amides is 2. The van der Waals surface area contributed by atoms with Crippen LogP contribution in [0.1, 0.15) is 24.0 Å². The Labute approximate surface area is 200 Å². The lowest BCUT2D eigenvalue weighted by Crippen LogP contribution is -2.49. The third-order valence-electron chi connectivity index (χ3n) is 5.32. The molecule has 182 valence electrons. The van der Waals surface area contributed by atoms with Gasteiger partial charge in [-0.25, -0.2) is 4.79 Å². The third-order valence-corrected chi connectivity index (χ3v) is 5.32. The Morgan fingerprint density at radius 2 is 1.74 bits per heavy atom. The Balaban J connectivity index is 1.97. The maximum absolute atomic E-state index is 12.9. The van der Waals surface area contributed by atoms with Crippen LogP contribution in [0.5, 0.6) is 5.75 Å². The molecule has 0 heterocycles. The zero-order chi connectivity index (χ0) is 24.9. The molecule has 2 rings (SSSR count). The summed E-state index contributed by atoms with van der Waals surface area (Å²) in [6, 6.07) is 15.0. The average Bonchev–Trinajstić information content (AvgIpc) is 2.86. The summed E-state index contributed by atoms with van der Waals surface area (Å²) in [5, 5.41) is 2.63. The van der Waals surface area contributed by atoms with Gasteiger partial charge in [0.2, 0.25) is 11.8 Å². The van der Waals surface area contributed by atoms with E-state index in [2.05, 4.69) is 11.9 Å². The predicted octanol–water partition coefficient (Wildman–Crippen LogP) is 2.22. The van der Waals surface area contributed by atoms with Gasteiger partial charge in [-0.15, -0.1) is 6.58 Å². The first-order valence-electron chi connectivity index (χ1n) is 11.1. The van der Waals surface area contributed by atoms with E-state index in [4.69, 9.17) is 15.2 Å². The lowest BCUT2D eigenvalue weighted by atomic mass is 10.0. The fourth-order valence-corrected chi connectivity index (χ4v) is 3.42. The fraction of sp³-hybridized carbons (Fsp3) is 0.346. The summed E-state index contributed by atoms with van der Waals surface area (Å²) in [7, 11) is 2.83. The van der Waals surface area contributed by atoms with Crippen LogP contribution >= 0.6 is 0 Å². The largest absolute Gasteiger partial charge is 0.497 e. The highest BCUT2D eigenvalue weighted by molar-refractivity contribution is 5.88. The van der Waals surface area contributed by atoms with Crippen LogP contribution in [0.25, 0.3) is 0 Å². The van der Waals surface area contributed by atoms with E-state index in [1.54, 1.807) is 18.1 Å². The first kappa shape index (κ1) is 26.6. The number of nitrogens with two attached hydrogens (primary N) is 1. The van der Waals surface area contributed by atoms with Crippen LogP contribution in [-0.2, 0) is 32.1 Å². The second-order valence-corrected chi connectivity index (χ2v) is 7.83. The highest BCUT2D eigenvalue weighted by Gasteiger charge is 2.26. The van der Waals surface area contributed by atoms with Crippen LogP contribution in [0, 0.1) is 0 Å². The molecule has 8 heteroatoms. The molecule has 0 spiro atoms. The fourth-order valence-electron chi connectivity index (χ4n) is 3.42. The van der Waals surface area contributed by atoms with E-state index in [-0.39, 0.29) is 18.7 Å². The maximum atomic E-state index is 12.9. The Morgan fingerprint density at radius 3 is 2.32 bits per heavy atom. The topological polar surface area (TPSA) is 111 Å². The molecule has 0 aliphatic heterocycles. The van der Waals surface area contributed by atoms with Crippen LogP contribution in [0.2, 0.25) is 0 Å². The van der Waals surface area contributed by atoms with Gasteiger partial charge in [0.1, 0.15) is 11.8 Å². The average molecular weight is 468 g/mol. The lowest BCUT2D eigenvalue weighted by Gasteiger charge is -2.23. The van der Waals surface area contributed by atoms with Gasteiger partial charge in [0.15, 0.2) is 0 Å². The molecule has 0 aliphatic rings. The summed E-state index contributed by atoms with van der Waals surface area (Å²) in [6.07, 6.45) is 2.10. The molecule has 0 fully saturated rings. The minimum atomic E-state index is -0.977. The van der Waals surface area contributed by atoms with Gasteiger partial charge in [0, 0.05) is 19.5 Å². The molecule has 34 heavy (non-hydrogen) atoms. The van der Waals surface area contributed by atoms with E-state index in [1.165, 1.54) is 7.11 Å². The number of methoxy groups -OCH3 is 2. The summed E-state index contributed by atoms with van der Waals surface area (Å²) in [5.74, 6) is -0.550. The van der Waals surface area contributed by atoms with Crippen LogP contribution < -0.4 is 15.8 Å². The molecule has 0 bridgehead atoms. The van der Waals surface area contributed by atoms with Crippen molar-refractivity contribution in [2.45, 2.75) is 37.9 Å². The van der Waals surface area contributed by atoms with Crippen LogP contribution in [-0.4, -0.2) is 55.5 Å². The van der Waals surface area contributed by atoms with Gasteiger partial charge < -0.3 is 25.4 Å². The molecule has 0 aromatic heterocycles. The molecular weight excluding hydrogens is 434 g/mol. The predicted molar refractivity (Wildman–Crippen MR) is 130 cm³/mol. The Hall–Kier alpha value is -3.65. The van der Waals surface area contributed by atoms with Gasteiger partial charge in [-0.05, 0) is 36.1 Å². The van der Waals surface area contributed by atoms with Crippen LogP contribution in [0.3, 0.4) is 0 Å². The first-order valence-corrected chi connectivity index (χ1v) is 11.1. The van der Waals surface area contributed by atoms with Crippen molar-refractivity contribution in [2.75, 3.05) is 20.8 Å². The zero-order valence-corrected chi connectivity index (χ0v) is 19.7. The van der Waals surface area contributed by atoms with Gasteiger partial charge in [-0.1, -0.05) is 48.5 Å². The Kier molecular flexibility index (Phi) is 10.8. The number of carbonyl (C=O) groups excluding carboxylic acids is 3. The summed E-state index contributed by atoms with van der Waals surface area (Å²) >= 11 is 0. The number of hydrogen-bond donors (Lipinski definition) is 2. The summed E-state index contributed by atoms with van der Waals surface area (Å²) in [6.45, 7) is 4.45. The van der Waals surface area contributed by atoms with Crippen molar-refractivity contribution in [1.29, 1.82) is 0 Å². The number of benzene rings is 2. The van der Waals surface area contributed by atoms with Crippen molar-refractivity contribution in [3.8, 4) is 5.75 Å². The number of ether oxygens (including phenoxy) is 2. The monoisotopic (exact) mass is 467 g/mol. The molecule has 0 radical (unpaired) electrons. The van der Waals surface area contributed by atoms with Gasteiger partial charge >= 0.3 is 5.97 Å². The van der Waals surface area contributed by atoms with Gasteiger partial charge in [0.05, 0.1) is 20.3 Å². The normalized spacial score (nSPS) is 12.2. The SMILES string of the molecule is C=CCN(Cc1ccc(OC)cc1)C(=O)CC[C@H](NC(=O)[C@H](N)Cc1ccccc1)C(=O)OC. The molecule has 2 atom stereocenters. The summed E-state index contributed by atoms with van der Waals surface area (Å²) < 4.78 is 9.99. The number of nitrogens with zero attached hydrogens (tertiary/aromatic N) is 1. The van der Waals surface area contributed by atoms with Gasteiger partial charge in [-0.3, -0.25) is 9.59 Å². The molecule has 2 amide bonds. The lowest BCUT2D eigenvalue weighted by molar-refractivity contribution is -0.145. The highest BCUT2D eigenvalue weighted by Crippen LogP contribution is 2.14. The van der Waals surface area contributed by atoms with Crippen LogP contribution in [0.4, 0.5) is 0 Å². The molecule has 0 saturated heterocycles. The van der Waals surface area contributed by atoms with E-state index in [9.17, 15) is 14.4 Å². The standard InChI is InChI=1S/C26H33N3O5/c1-4-16-29(18-20-10-12-21(33-2)13-11-20)24(30)15-14-23(26(32)34-3)28-25(31)22(27)17-19-8-6-5-7-9-19/h4-13,22-23H,1,14-18,27H2,2-3H3,(H,28,31)/t22-,23+/m1/s1. The van der Waals surface area contributed by atoms with Gasteiger partial charge in [-0.2, -0.15) is 0 Å². The Bertz CT molecular complexity index is 947. The van der Waals surface area contributed by atoms with Gasteiger partial charge in [0.25, 0.3) is 0 Å². The minimum Gasteiger partial charge on any atom is -0.497 e. The number of carbonyl (C=O) groups is 3. The first-order chi connectivity index (χ1) is 16.4. The maximum Gasteiger partial charge on any atom is 0.328 e. The summed E-state index contributed by atoms with van der Waals surface area (Å²) in [5.41, 5.74) is 7.87. The smallest absolute Gasteiger partial charge is 0.328 e. The Morgan fingerprint density at radius 1 is 1.06 bits per heavy atom. The highest BCUT2D eigenvalue weighted by atomic mass is 16.5. The molecule has 3 N–H and O–H groups in total. The number of rotatable bonds is 13. The van der Waals surface area contributed by atoms with E-state index < -0.39 is 24.0 Å². The molecule has 0 aliphatic carbocycles. The molecule has 2 aromatic carbocycles. The van der Waals surface area contributed by atoms with Crippen molar-refractivity contribution >= 4 is 17.8 Å². The second kappa shape index (κ2) is 13.8. The zero-order valence-electron chi connectivity index (χ0n) is 19.7. The van der Waals surface area contributed by atoms with Crippen LogP contribution in [0.15, 0.2) is 67.3 Å². The molecule has 2 aromatic rings. The quantitative estimate of drug-likeness (QED) is 0.345. The van der Waals surface area contributed by atoms with E-state index in [1.807, 2.05) is 54.6 Å². The molecular formula is C26H33N3O5. The molecule has 0 unspecified atom stereocenters. The molecule has 0 saturated carbocycles. The summed E-state index contributed by atoms with van der Waals surface area (Å²) in [4.78, 5) is 39.4. The number of nitrogens with one attached hydrogen (secondary N) is 1. The van der Waals surface area contributed by atoms with Crippen molar-refractivity contribution in [2.24, 2.45) is 5.73 Å². The number of esters is 1. The third kappa shape index (κ3) is 8.37.